The van der Waals surface area contributed by atoms with Crippen LogP contribution in [0.25, 0.3) is 0 Å². The Labute approximate surface area is 295 Å². The molecule has 0 radical (unpaired) electrons. The molecule has 4 aliphatic carbocycles. The lowest BCUT2D eigenvalue weighted by Crippen LogP contribution is -2.39. The molecule has 2 N–H and O–H groups in total. The van der Waals surface area contributed by atoms with E-state index in [2.05, 4.69) is 67.5 Å². The SMILES string of the molecule is C=CCCC(=C)C(=C)C(CCC)CC(=O)C1C(C(=O)C(CC(=C)CCC(C)C)C2CCCC(C(=C)CCC3CC3)C2)CC2C1C2(C)C.O. The van der Waals surface area contributed by atoms with Crippen molar-refractivity contribution in [3.8, 4) is 0 Å². The van der Waals surface area contributed by atoms with Crippen LogP contribution in [0.15, 0.2) is 61.3 Å². The molecule has 4 saturated carbocycles. The van der Waals surface area contributed by atoms with Crippen LogP contribution in [0, 0.1) is 64.6 Å². The Bertz CT molecular complexity index is 1180. The van der Waals surface area contributed by atoms with Crippen molar-refractivity contribution < 1.29 is 15.1 Å². The molecule has 48 heavy (non-hydrogen) atoms. The number of rotatable bonds is 22. The van der Waals surface area contributed by atoms with E-state index in [1.165, 1.54) is 43.3 Å². The number of fused-ring (bicyclic) bond motifs is 1. The first kappa shape index (κ1) is 40.4. The van der Waals surface area contributed by atoms with Gasteiger partial charge in [0.1, 0.15) is 11.6 Å². The molecule has 0 heterocycles. The van der Waals surface area contributed by atoms with Crippen molar-refractivity contribution in [2.45, 2.75) is 144 Å². The van der Waals surface area contributed by atoms with Crippen LogP contribution >= 0.6 is 0 Å². The molecule has 270 valence electrons. The monoisotopic (exact) mass is 661 g/mol. The zero-order valence-electron chi connectivity index (χ0n) is 31.7. The summed E-state index contributed by atoms with van der Waals surface area (Å²) >= 11 is 0. The Balaban J connectivity index is 0.00000625. The number of carbonyl (C=O) groups is 2. The van der Waals surface area contributed by atoms with Crippen LogP contribution in [0.2, 0.25) is 0 Å². The molecule has 4 rings (SSSR count). The third-order valence-electron chi connectivity index (χ3n) is 13.3. The van der Waals surface area contributed by atoms with Crippen LogP contribution < -0.4 is 0 Å². The number of hydrogen-bond donors (Lipinski definition) is 0. The van der Waals surface area contributed by atoms with E-state index in [4.69, 9.17) is 0 Å². The van der Waals surface area contributed by atoms with Crippen LogP contribution in [-0.4, -0.2) is 17.0 Å². The molecule has 0 saturated heterocycles. The molecule has 8 atom stereocenters. The van der Waals surface area contributed by atoms with E-state index in [0.717, 1.165) is 87.7 Å². The van der Waals surface area contributed by atoms with Crippen molar-refractivity contribution in [3.63, 3.8) is 0 Å². The van der Waals surface area contributed by atoms with E-state index in [-0.39, 0.29) is 34.6 Å². The zero-order valence-corrected chi connectivity index (χ0v) is 31.7. The van der Waals surface area contributed by atoms with Gasteiger partial charge in [-0.1, -0.05) is 109 Å². The molecule has 0 amide bonds. The van der Waals surface area contributed by atoms with E-state index in [1.54, 1.807) is 0 Å². The molecule has 0 spiro atoms. The lowest BCUT2D eigenvalue weighted by atomic mass is 9.66. The normalized spacial score (nSPS) is 28.5. The maximum absolute atomic E-state index is 15.0. The second-order valence-electron chi connectivity index (χ2n) is 17.6. The molecule has 0 aromatic heterocycles. The Morgan fingerprint density at radius 1 is 0.917 bits per heavy atom. The minimum Gasteiger partial charge on any atom is -0.412 e. The molecule has 0 aliphatic heterocycles. The molecule has 0 bridgehead atoms. The topological polar surface area (TPSA) is 65.6 Å². The van der Waals surface area contributed by atoms with Crippen LogP contribution in [0.5, 0.6) is 0 Å². The van der Waals surface area contributed by atoms with Gasteiger partial charge in [0.05, 0.1) is 0 Å². The fourth-order valence-electron chi connectivity index (χ4n) is 9.83. The highest BCUT2D eigenvalue weighted by atomic mass is 16.1. The number of allylic oxidation sites excluding steroid dienone is 5. The Hall–Kier alpha value is -2.00. The van der Waals surface area contributed by atoms with E-state index >= 15 is 4.79 Å². The van der Waals surface area contributed by atoms with Gasteiger partial charge in [-0.25, -0.2) is 0 Å². The highest BCUT2D eigenvalue weighted by Crippen LogP contribution is 2.71. The summed E-state index contributed by atoms with van der Waals surface area (Å²) in [4.78, 5) is 29.5. The summed E-state index contributed by atoms with van der Waals surface area (Å²) in [5.74, 6) is 3.76. The van der Waals surface area contributed by atoms with Crippen molar-refractivity contribution >= 4 is 11.6 Å². The summed E-state index contributed by atoms with van der Waals surface area (Å²) < 4.78 is 0. The molecular weight excluding hydrogens is 588 g/mol. The molecule has 4 aliphatic rings. The average molecular weight is 661 g/mol. The van der Waals surface area contributed by atoms with Crippen molar-refractivity contribution in [1.29, 1.82) is 0 Å². The highest BCUT2D eigenvalue weighted by Gasteiger charge is 2.69. The van der Waals surface area contributed by atoms with Gasteiger partial charge < -0.3 is 5.48 Å². The highest BCUT2D eigenvalue weighted by molar-refractivity contribution is 5.93. The second kappa shape index (κ2) is 17.8. The Kier molecular flexibility index (Phi) is 15.0. The first-order valence-electron chi connectivity index (χ1n) is 19.7. The minimum absolute atomic E-state index is 0. The summed E-state index contributed by atoms with van der Waals surface area (Å²) in [5, 5.41) is 0. The van der Waals surface area contributed by atoms with Gasteiger partial charge in [0, 0.05) is 24.2 Å². The van der Waals surface area contributed by atoms with Crippen molar-refractivity contribution in [3.05, 3.63) is 61.3 Å². The zero-order chi connectivity index (χ0) is 34.5. The number of carbonyl (C=O) groups excluding carboxylic acids is 2. The molecule has 0 aromatic rings. The predicted octanol–water partition coefficient (Wildman–Crippen LogP) is 11.6. The van der Waals surface area contributed by atoms with Gasteiger partial charge in [-0.15, -0.1) is 6.58 Å². The quantitative estimate of drug-likeness (QED) is 0.0856. The number of hydrogen-bond acceptors (Lipinski definition) is 2. The maximum Gasteiger partial charge on any atom is 0.140 e. The second-order valence-corrected chi connectivity index (χ2v) is 17.6. The van der Waals surface area contributed by atoms with Gasteiger partial charge in [0.25, 0.3) is 0 Å². The summed E-state index contributed by atoms with van der Waals surface area (Å²) in [6.07, 6.45) is 19.7. The number of ketones is 2. The molecule has 8 unspecified atom stereocenters. The maximum atomic E-state index is 15.0. The standard InChI is InChI=1S/C45H70O2.H2O/c1-11-13-16-31(6)33(8)36(15-12-2)27-41(46)42-39(28-40-43(42)45(40,9)10)44(47)38(25-30(5)20-19-29(3)4)37-18-14-17-35(26-37)32(7)21-22-34-23-24-34;/h11,29,34-40,42-43H,1,5-8,12-28H2,2-4,9-10H3;1H2. The first-order chi connectivity index (χ1) is 22.3. The van der Waals surface area contributed by atoms with E-state index in [9.17, 15) is 4.79 Å². The molecular formula is C45H72O3. The average Bonchev–Trinajstić information content (AvgIpc) is 3.91. The van der Waals surface area contributed by atoms with Gasteiger partial charge >= 0.3 is 0 Å². The third kappa shape index (κ3) is 10.0. The van der Waals surface area contributed by atoms with Gasteiger partial charge in [-0.2, -0.15) is 0 Å². The minimum atomic E-state index is -0.157. The molecule has 0 aromatic carbocycles. The Morgan fingerprint density at radius 3 is 2.25 bits per heavy atom. The lowest BCUT2D eigenvalue weighted by molar-refractivity contribution is -0.137. The van der Waals surface area contributed by atoms with Gasteiger partial charge in [-0.3, -0.25) is 9.59 Å². The van der Waals surface area contributed by atoms with E-state index in [0.29, 0.717) is 47.6 Å². The number of Topliss-reactive ketones (excluding diaryl/α,β-unsaturated/α-hetero) is 2. The van der Waals surface area contributed by atoms with Crippen molar-refractivity contribution in [2.24, 2.45) is 64.6 Å². The lowest BCUT2D eigenvalue weighted by Gasteiger charge is -2.38. The van der Waals surface area contributed by atoms with Crippen LogP contribution in [0.1, 0.15) is 144 Å². The van der Waals surface area contributed by atoms with E-state index in [1.807, 2.05) is 6.08 Å². The van der Waals surface area contributed by atoms with Crippen LogP contribution in [-0.2, 0) is 9.59 Å². The summed E-state index contributed by atoms with van der Waals surface area (Å²) in [7, 11) is 0. The summed E-state index contributed by atoms with van der Waals surface area (Å²) in [6, 6.07) is 0. The largest absolute Gasteiger partial charge is 0.412 e. The summed E-state index contributed by atoms with van der Waals surface area (Å²) in [5.41, 5.74) is 4.89. The smallest absolute Gasteiger partial charge is 0.140 e. The van der Waals surface area contributed by atoms with Crippen molar-refractivity contribution in [2.75, 3.05) is 0 Å². The van der Waals surface area contributed by atoms with Crippen molar-refractivity contribution in [1.82, 2.24) is 0 Å². The Morgan fingerprint density at radius 2 is 1.62 bits per heavy atom. The third-order valence-corrected chi connectivity index (χ3v) is 13.3. The first-order valence-corrected chi connectivity index (χ1v) is 19.7. The molecule has 3 heteroatoms. The van der Waals surface area contributed by atoms with Crippen LogP contribution in [0.3, 0.4) is 0 Å². The fourth-order valence-corrected chi connectivity index (χ4v) is 9.83. The van der Waals surface area contributed by atoms with Gasteiger partial charge in [0.2, 0.25) is 0 Å². The molecule has 3 nitrogen and oxygen atoms in total. The van der Waals surface area contributed by atoms with Gasteiger partial charge in [-0.05, 0) is 129 Å². The predicted molar refractivity (Wildman–Crippen MR) is 205 cm³/mol. The summed E-state index contributed by atoms with van der Waals surface area (Å²) in [6.45, 7) is 33.2. The van der Waals surface area contributed by atoms with E-state index < -0.39 is 0 Å². The fraction of sp³-hybridized carbons (Fsp3) is 0.733. The van der Waals surface area contributed by atoms with Gasteiger partial charge in [0.15, 0.2) is 0 Å². The van der Waals surface area contributed by atoms with Crippen LogP contribution in [0.4, 0.5) is 0 Å². The molecule has 4 fully saturated rings.